The van der Waals surface area contributed by atoms with E-state index in [2.05, 4.69) is 76.5 Å². The van der Waals surface area contributed by atoms with Crippen LogP contribution in [0.1, 0.15) is 53.2 Å². The average Bonchev–Trinajstić information content (AvgIpc) is 3.57. The van der Waals surface area contributed by atoms with Crippen LogP contribution < -0.4 is 5.56 Å². The van der Waals surface area contributed by atoms with Gasteiger partial charge in [0.05, 0.1) is 12.3 Å². The third kappa shape index (κ3) is 5.54. The maximum absolute atomic E-state index is 13.1. The first kappa shape index (κ1) is 24.6. The molecule has 1 atom stereocenters. The van der Waals surface area contributed by atoms with Crippen molar-refractivity contribution in [2.75, 3.05) is 6.54 Å². The van der Waals surface area contributed by atoms with E-state index in [1.807, 2.05) is 30.3 Å². The zero-order valence-electron chi connectivity index (χ0n) is 21.5. The summed E-state index contributed by atoms with van der Waals surface area (Å²) in [5.74, 6) is 1.55. The third-order valence-corrected chi connectivity index (χ3v) is 6.95. The van der Waals surface area contributed by atoms with Crippen LogP contribution in [-0.2, 0) is 19.5 Å². The number of nitrogens with zero attached hydrogens (tertiary/aromatic N) is 5. The number of pyridine rings is 1. The quantitative estimate of drug-likeness (QED) is 0.294. The molecule has 5 aromatic rings. The number of H-pyrrole nitrogens is 1. The van der Waals surface area contributed by atoms with E-state index in [0.29, 0.717) is 13.1 Å². The van der Waals surface area contributed by atoms with E-state index < -0.39 is 0 Å². The predicted octanol–water partition coefficient (Wildman–Crippen LogP) is 4.97. The molecular weight excluding hydrogens is 464 g/mol. The van der Waals surface area contributed by atoms with Crippen LogP contribution in [0.2, 0.25) is 0 Å². The molecule has 0 saturated carbocycles. The maximum atomic E-state index is 13.1. The molecule has 0 amide bonds. The Kier molecular flexibility index (Phi) is 7.28. The third-order valence-electron chi connectivity index (χ3n) is 6.95. The van der Waals surface area contributed by atoms with Gasteiger partial charge < -0.3 is 9.40 Å². The lowest BCUT2D eigenvalue weighted by molar-refractivity contribution is 0.171. The Labute approximate surface area is 215 Å². The van der Waals surface area contributed by atoms with Crippen molar-refractivity contribution >= 4 is 10.9 Å². The van der Waals surface area contributed by atoms with Crippen LogP contribution in [0.5, 0.6) is 0 Å². The molecule has 1 unspecified atom stereocenters. The Hall–Kier alpha value is -4.04. The molecule has 0 aliphatic carbocycles. The number of rotatable bonds is 10. The second kappa shape index (κ2) is 10.9. The molecule has 1 N–H and O–H groups in total. The van der Waals surface area contributed by atoms with Crippen LogP contribution in [0.4, 0.5) is 0 Å². The summed E-state index contributed by atoms with van der Waals surface area (Å²) in [6.07, 6.45) is 3.29. The van der Waals surface area contributed by atoms with Gasteiger partial charge in [-0.15, -0.1) is 5.10 Å². The second-order valence-corrected chi connectivity index (χ2v) is 9.56. The number of furan rings is 1. The Morgan fingerprint density at radius 2 is 1.92 bits per heavy atom. The summed E-state index contributed by atoms with van der Waals surface area (Å²) in [5.41, 5.74) is 5.22. The van der Waals surface area contributed by atoms with E-state index in [0.717, 1.165) is 53.0 Å². The van der Waals surface area contributed by atoms with Gasteiger partial charge in [0, 0.05) is 24.2 Å². The largest absolute Gasteiger partial charge is 0.467 e. The molecule has 0 radical (unpaired) electrons. The van der Waals surface area contributed by atoms with Crippen molar-refractivity contribution in [1.82, 2.24) is 30.1 Å². The average molecular weight is 497 g/mol. The van der Waals surface area contributed by atoms with Crippen molar-refractivity contribution in [1.29, 1.82) is 0 Å². The van der Waals surface area contributed by atoms with Crippen molar-refractivity contribution < 1.29 is 4.42 Å². The number of tetrazole rings is 1. The summed E-state index contributed by atoms with van der Waals surface area (Å²) >= 11 is 0. The van der Waals surface area contributed by atoms with E-state index >= 15 is 0 Å². The standard InChI is InChI=1S/C29H32N6O2/c1-4-27(28-31-32-33-35(28)19-25-10-7-15-37-25)34(14-13-22-9-6-5-8-21(22)3)18-24-17-23-16-20(2)11-12-26(23)30-29(24)36/h5-12,15-17,27H,4,13-14,18-19H2,1-3H3,(H,30,36). The van der Waals surface area contributed by atoms with Crippen LogP contribution in [-0.4, -0.2) is 36.6 Å². The molecule has 190 valence electrons. The van der Waals surface area contributed by atoms with Crippen LogP contribution in [0.15, 0.2) is 76.1 Å². The number of aryl methyl sites for hydroxylation is 2. The molecule has 8 heteroatoms. The van der Waals surface area contributed by atoms with E-state index in [-0.39, 0.29) is 11.6 Å². The molecule has 0 aliphatic heterocycles. The highest BCUT2D eigenvalue weighted by atomic mass is 16.3. The molecule has 2 aromatic carbocycles. The van der Waals surface area contributed by atoms with Crippen molar-refractivity contribution in [3.8, 4) is 0 Å². The highest BCUT2D eigenvalue weighted by molar-refractivity contribution is 5.79. The van der Waals surface area contributed by atoms with Gasteiger partial charge in [-0.1, -0.05) is 42.8 Å². The first-order valence-electron chi connectivity index (χ1n) is 12.7. The number of hydrogen-bond donors (Lipinski definition) is 1. The van der Waals surface area contributed by atoms with Gasteiger partial charge in [0.2, 0.25) is 0 Å². The van der Waals surface area contributed by atoms with E-state index in [9.17, 15) is 4.79 Å². The molecule has 3 heterocycles. The highest BCUT2D eigenvalue weighted by Gasteiger charge is 2.26. The van der Waals surface area contributed by atoms with Gasteiger partial charge in [-0.2, -0.15) is 0 Å². The van der Waals surface area contributed by atoms with Crippen molar-refractivity contribution in [3.05, 3.63) is 111 Å². The highest BCUT2D eigenvalue weighted by Crippen LogP contribution is 2.26. The molecule has 37 heavy (non-hydrogen) atoms. The Bertz CT molecular complexity index is 1540. The number of aromatic nitrogens is 5. The monoisotopic (exact) mass is 496 g/mol. The lowest BCUT2D eigenvalue weighted by Gasteiger charge is -2.30. The molecule has 0 bridgehead atoms. The Morgan fingerprint density at radius 3 is 2.70 bits per heavy atom. The SMILES string of the molecule is CCC(c1nnnn1Cc1ccco1)N(CCc1ccccc1C)Cc1cc2cc(C)ccc2[nH]c1=O. The summed E-state index contributed by atoms with van der Waals surface area (Å²) in [5, 5.41) is 13.7. The minimum atomic E-state index is -0.0819. The minimum absolute atomic E-state index is 0.0673. The van der Waals surface area contributed by atoms with Crippen LogP contribution >= 0.6 is 0 Å². The van der Waals surface area contributed by atoms with Crippen LogP contribution in [0, 0.1) is 13.8 Å². The summed E-state index contributed by atoms with van der Waals surface area (Å²) in [7, 11) is 0. The fraction of sp³-hybridized carbons (Fsp3) is 0.310. The molecule has 0 spiro atoms. The smallest absolute Gasteiger partial charge is 0.252 e. The lowest BCUT2D eigenvalue weighted by atomic mass is 10.0. The Balaban J connectivity index is 1.49. The van der Waals surface area contributed by atoms with Gasteiger partial charge in [0.15, 0.2) is 5.82 Å². The molecule has 5 rings (SSSR count). The number of aromatic amines is 1. The fourth-order valence-electron chi connectivity index (χ4n) is 4.92. The van der Waals surface area contributed by atoms with Crippen LogP contribution in [0.3, 0.4) is 0 Å². The number of benzene rings is 2. The minimum Gasteiger partial charge on any atom is -0.467 e. The zero-order valence-corrected chi connectivity index (χ0v) is 21.5. The van der Waals surface area contributed by atoms with E-state index in [4.69, 9.17) is 4.42 Å². The second-order valence-electron chi connectivity index (χ2n) is 9.56. The fourth-order valence-corrected chi connectivity index (χ4v) is 4.92. The summed E-state index contributed by atoms with van der Waals surface area (Å²) in [6.45, 7) is 8.01. The summed E-state index contributed by atoms with van der Waals surface area (Å²) in [6, 6.07) is 20.2. The van der Waals surface area contributed by atoms with Gasteiger partial charge >= 0.3 is 0 Å². The molecule has 0 saturated heterocycles. The number of nitrogens with one attached hydrogen (secondary N) is 1. The molecule has 0 aliphatic rings. The van der Waals surface area contributed by atoms with Crippen molar-refractivity contribution in [3.63, 3.8) is 0 Å². The van der Waals surface area contributed by atoms with Crippen molar-refractivity contribution in [2.45, 2.75) is 52.7 Å². The van der Waals surface area contributed by atoms with Gasteiger partial charge in [-0.3, -0.25) is 9.69 Å². The van der Waals surface area contributed by atoms with Gasteiger partial charge in [0.1, 0.15) is 12.3 Å². The topological polar surface area (TPSA) is 92.8 Å². The predicted molar refractivity (Wildman–Crippen MR) is 143 cm³/mol. The molecular formula is C29H32N6O2. The maximum Gasteiger partial charge on any atom is 0.252 e. The molecule has 0 fully saturated rings. The number of fused-ring (bicyclic) bond motifs is 1. The molecule has 3 aromatic heterocycles. The van der Waals surface area contributed by atoms with Crippen LogP contribution in [0.25, 0.3) is 10.9 Å². The first-order chi connectivity index (χ1) is 18.0. The lowest BCUT2D eigenvalue weighted by Crippen LogP contribution is -2.34. The Morgan fingerprint density at radius 1 is 1.05 bits per heavy atom. The summed E-state index contributed by atoms with van der Waals surface area (Å²) < 4.78 is 7.33. The summed E-state index contributed by atoms with van der Waals surface area (Å²) in [4.78, 5) is 18.5. The van der Waals surface area contributed by atoms with E-state index in [1.54, 1.807) is 10.9 Å². The van der Waals surface area contributed by atoms with Gasteiger partial charge in [-0.25, -0.2) is 4.68 Å². The first-order valence-corrected chi connectivity index (χ1v) is 12.7. The van der Waals surface area contributed by atoms with E-state index in [1.165, 1.54) is 11.1 Å². The van der Waals surface area contributed by atoms with Gasteiger partial charge in [0.25, 0.3) is 5.56 Å². The molecule has 8 nitrogen and oxygen atoms in total. The van der Waals surface area contributed by atoms with Gasteiger partial charge in [-0.05, 0) is 84.0 Å². The number of hydrogen-bond acceptors (Lipinski definition) is 6. The zero-order chi connectivity index (χ0) is 25.8. The normalized spacial score (nSPS) is 12.4. The van der Waals surface area contributed by atoms with Crippen molar-refractivity contribution in [2.24, 2.45) is 0 Å².